The number of amides is 1. The summed E-state index contributed by atoms with van der Waals surface area (Å²) in [5.41, 5.74) is 8.58. The average molecular weight is 351 g/mol. The summed E-state index contributed by atoms with van der Waals surface area (Å²) >= 11 is 3.60. The second-order valence-electron chi connectivity index (χ2n) is 6.71. The van der Waals surface area contributed by atoms with Gasteiger partial charge in [0, 0.05) is 10.0 Å². The minimum atomic E-state index is -0.360. The topological polar surface area (TPSA) is 55.1 Å². The van der Waals surface area contributed by atoms with Gasteiger partial charge in [0.1, 0.15) is 0 Å². The number of halogens is 1. The van der Waals surface area contributed by atoms with Crippen LogP contribution in [0.3, 0.4) is 0 Å². The number of hydrogen-bond donors (Lipinski definition) is 2. The van der Waals surface area contributed by atoms with Crippen LogP contribution in [0.15, 0.2) is 22.7 Å². The lowest BCUT2D eigenvalue weighted by atomic mass is 9.74. The van der Waals surface area contributed by atoms with Gasteiger partial charge in [-0.2, -0.15) is 0 Å². The molecule has 21 heavy (non-hydrogen) atoms. The van der Waals surface area contributed by atoms with E-state index in [0.29, 0.717) is 0 Å². The van der Waals surface area contributed by atoms with Crippen molar-refractivity contribution in [1.29, 1.82) is 0 Å². The predicted molar refractivity (Wildman–Crippen MR) is 87.9 cm³/mol. The SMILES string of the molecule is CC1(N)CCCCC1C(=O)NC1CCc2c(Br)cccc21. The van der Waals surface area contributed by atoms with E-state index in [0.717, 1.165) is 43.0 Å². The van der Waals surface area contributed by atoms with Crippen molar-refractivity contribution in [1.82, 2.24) is 5.32 Å². The molecule has 0 aromatic heterocycles. The van der Waals surface area contributed by atoms with Gasteiger partial charge < -0.3 is 11.1 Å². The van der Waals surface area contributed by atoms with Crippen molar-refractivity contribution >= 4 is 21.8 Å². The minimum absolute atomic E-state index is 0.0533. The van der Waals surface area contributed by atoms with Gasteiger partial charge in [-0.25, -0.2) is 0 Å². The Morgan fingerprint density at radius 1 is 1.38 bits per heavy atom. The summed E-state index contributed by atoms with van der Waals surface area (Å²) in [4.78, 5) is 12.7. The number of nitrogens with two attached hydrogens (primary N) is 1. The van der Waals surface area contributed by atoms with E-state index in [1.165, 1.54) is 11.1 Å². The quantitative estimate of drug-likeness (QED) is 0.857. The fourth-order valence-corrected chi connectivity index (χ4v) is 4.40. The molecule has 1 amide bonds. The van der Waals surface area contributed by atoms with Gasteiger partial charge in [0.05, 0.1) is 12.0 Å². The Hall–Kier alpha value is -0.870. The Labute approximate surface area is 134 Å². The molecule has 2 aliphatic rings. The molecule has 1 fully saturated rings. The van der Waals surface area contributed by atoms with Crippen LogP contribution in [-0.4, -0.2) is 11.4 Å². The number of rotatable bonds is 2. The van der Waals surface area contributed by atoms with Crippen LogP contribution in [0, 0.1) is 5.92 Å². The first kappa shape index (κ1) is 15.0. The summed E-state index contributed by atoms with van der Waals surface area (Å²) in [6, 6.07) is 6.38. The van der Waals surface area contributed by atoms with Crippen LogP contribution in [0.5, 0.6) is 0 Å². The first-order valence-corrected chi connectivity index (χ1v) is 8.65. The lowest BCUT2D eigenvalue weighted by Gasteiger charge is -2.37. The molecule has 3 nitrogen and oxygen atoms in total. The third-order valence-electron chi connectivity index (χ3n) is 5.10. The van der Waals surface area contributed by atoms with Crippen molar-refractivity contribution in [3.8, 4) is 0 Å². The van der Waals surface area contributed by atoms with Crippen LogP contribution in [0.1, 0.15) is 56.2 Å². The lowest BCUT2D eigenvalue weighted by molar-refractivity contribution is -0.128. The molecule has 1 aromatic rings. The van der Waals surface area contributed by atoms with Crippen molar-refractivity contribution in [2.24, 2.45) is 11.7 Å². The molecule has 4 heteroatoms. The van der Waals surface area contributed by atoms with Crippen molar-refractivity contribution < 1.29 is 4.79 Å². The molecule has 0 radical (unpaired) electrons. The molecule has 1 aromatic carbocycles. The van der Waals surface area contributed by atoms with Gasteiger partial charge in [-0.05, 0) is 49.8 Å². The van der Waals surface area contributed by atoms with Gasteiger partial charge in [0.15, 0.2) is 0 Å². The Bertz CT molecular complexity index is 556. The van der Waals surface area contributed by atoms with Gasteiger partial charge in [-0.15, -0.1) is 0 Å². The standard InChI is InChI=1S/C17H23BrN2O/c1-17(19)10-3-2-6-13(17)16(21)20-15-9-8-11-12(15)5-4-7-14(11)18/h4-5,7,13,15H,2-3,6,8-10,19H2,1H3,(H,20,21). The fourth-order valence-electron chi connectivity index (χ4n) is 3.82. The van der Waals surface area contributed by atoms with Crippen LogP contribution in [0.4, 0.5) is 0 Å². The summed E-state index contributed by atoms with van der Waals surface area (Å²) in [5.74, 6) is 0.0833. The molecule has 3 unspecified atom stereocenters. The zero-order chi connectivity index (χ0) is 15.0. The highest BCUT2D eigenvalue weighted by Crippen LogP contribution is 2.37. The molecule has 3 N–H and O–H groups in total. The molecule has 0 heterocycles. The van der Waals surface area contributed by atoms with E-state index in [-0.39, 0.29) is 23.4 Å². The second-order valence-corrected chi connectivity index (χ2v) is 7.57. The molecule has 0 aliphatic heterocycles. The third-order valence-corrected chi connectivity index (χ3v) is 5.84. The molecule has 0 bridgehead atoms. The highest BCUT2D eigenvalue weighted by Gasteiger charge is 2.39. The van der Waals surface area contributed by atoms with Crippen molar-refractivity contribution in [2.75, 3.05) is 0 Å². The molecule has 114 valence electrons. The van der Waals surface area contributed by atoms with Crippen molar-refractivity contribution in [3.05, 3.63) is 33.8 Å². The fraction of sp³-hybridized carbons (Fsp3) is 0.588. The molecular formula is C17H23BrN2O. The third kappa shape index (κ3) is 2.88. The maximum Gasteiger partial charge on any atom is 0.225 e. The van der Waals surface area contributed by atoms with Crippen molar-refractivity contribution in [3.63, 3.8) is 0 Å². The zero-order valence-corrected chi connectivity index (χ0v) is 14.1. The summed E-state index contributed by atoms with van der Waals surface area (Å²) in [7, 11) is 0. The number of nitrogens with one attached hydrogen (secondary N) is 1. The summed E-state index contributed by atoms with van der Waals surface area (Å²) in [5, 5.41) is 3.25. The van der Waals surface area contributed by atoms with Gasteiger partial charge in [-0.3, -0.25) is 4.79 Å². The maximum atomic E-state index is 12.7. The smallest absolute Gasteiger partial charge is 0.225 e. The van der Waals surface area contributed by atoms with E-state index in [1.54, 1.807) is 0 Å². The van der Waals surface area contributed by atoms with E-state index in [1.807, 2.05) is 13.0 Å². The monoisotopic (exact) mass is 350 g/mol. The number of hydrogen-bond acceptors (Lipinski definition) is 2. The number of fused-ring (bicyclic) bond motifs is 1. The molecule has 0 spiro atoms. The largest absolute Gasteiger partial charge is 0.349 e. The van der Waals surface area contributed by atoms with E-state index in [4.69, 9.17) is 5.73 Å². The average Bonchev–Trinajstić information content (AvgIpc) is 2.83. The Morgan fingerprint density at radius 2 is 2.19 bits per heavy atom. The maximum absolute atomic E-state index is 12.7. The lowest BCUT2D eigenvalue weighted by Crippen LogP contribution is -2.53. The normalized spacial score (nSPS) is 31.8. The molecule has 0 saturated heterocycles. The molecule has 2 aliphatic carbocycles. The molecular weight excluding hydrogens is 328 g/mol. The van der Waals surface area contributed by atoms with Gasteiger partial charge in [0.25, 0.3) is 0 Å². The van der Waals surface area contributed by atoms with Crippen LogP contribution >= 0.6 is 15.9 Å². The summed E-state index contributed by atoms with van der Waals surface area (Å²) in [6.45, 7) is 2.02. The van der Waals surface area contributed by atoms with Crippen LogP contribution in [0.2, 0.25) is 0 Å². The predicted octanol–water partition coefficient (Wildman–Crippen LogP) is 3.46. The van der Waals surface area contributed by atoms with E-state index in [9.17, 15) is 4.79 Å². The second kappa shape index (κ2) is 5.73. The molecule has 1 saturated carbocycles. The van der Waals surface area contributed by atoms with Crippen molar-refractivity contribution in [2.45, 2.75) is 57.0 Å². The zero-order valence-electron chi connectivity index (χ0n) is 12.5. The minimum Gasteiger partial charge on any atom is -0.349 e. The first-order valence-electron chi connectivity index (χ1n) is 7.85. The molecule has 3 atom stereocenters. The Morgan fingerprint density at radius 3 is 2.95 bits per heavy atom. The van der Waals surface area contributed by atoms with Crippen LogP contribution < -0.4 is 11.1 Å². The molecule has 3 rings (SSSR count). The van der Waals surface area contributed by atoms with Gasteiger partial charge in [0.2, 0.25) is 5.91 Å². The van der Waals surface area contributed by atoms with Gasteiger partial charge >= 0.3 is 0 Å². The van der Waals surface area contributed by atoms with E-state index >= 15 is 0 Å². The van der Waals surface area contributed by atoms with Crippen LogP contribution in [-0.2, 0) is 11.2 Å². The summed E-state index contributed by atoms with van der Waals surface area (Å²) in [6.07, 6.45) is 6.10. The van der Waals surface area contributed by atoms with Gasteiger partial charge in [-0.1, -0.05) is 40.9 Å². The number of carbonyl (C=O) groups is 1. The first-order chi connectivity index (χ1) is 9.99. The van der Waals surface area contributed by atoms with E-state index in [2.05, 4.69) is 33.4 Å². The Balaban J connectivity index is 1.74. The highest BCUT2D eigenvalue weighted by molar-refractivity contribution is 9.10. The highest BCUT2D eigenvalue weighted by atomic mass is 79.9. The van der Waals surface area contributed by atoms with Crippen LogP contribution in [0.25, 0.3) is 0 Å². The number of benzene rings is 1. The van der Waals surface area contributed by atoms with E-state index < -0.39 is 0 Å². The number of carbonyl (C=O) groups excluding carboxylic acids is 1. The Kier molecular flexibility index (Phi) is 4.10. The summed E-state index contributed by atoms with van der Waals surface area (Å²) < 4.78 is 1.15.